The highest BCUT2D eigenvalue weighted by Gasteiger charge is 2.21. The molecule has 0 saturated heterocycles. The van der Waals surface area contributed by atoms with Gasteiger partial charge >= 0.3 is 0 Å². The van der Waals surface area contributed by atoms with Crippen LogP contribution in [0.5, 0.6) is 5.75 Å². The molecule has 2 aromatic carbocycles. The van der Waals surface area contributed by atoms with Crippen LogP contribution in [0.15, 0.2) is 85.2 Å². The maximum Gasteiger partial charge on any atom is 0.274 e. The van der Waals surface area contributed by atoms with Gasteiger partial charge in [0.2, 0.25) is 0 Å². The first-order chi connectivity index (χ1) is 13.7. The van der Waals surface area contributed by atoms with Crippen LogP contribution >= 0.6 is 0 Å². The van der Waals surface area contributed by atoms with Gasteiger partial charge in [-0.1, -0.05) is 60.7 Å². The molecular formula is C23H19N3O2. The number of hydrogen-bond donors (Lipinski definition) is 2. The number of pyridine rings is 2. The number of nitrogens with one attached hydrogen (secondary N) is 1. The van der Waals surface area contributed by atoms with Crippen LogP contribution in [0, 0.1) is 0 Å². The number of amides is 1. The molecule has 2 N–H and O–H groups in total. The van der Waals surface area contributed by atoms with E-state index in [1.807, 2.05) is 60.7 Å². The lowest BCUT2D eigenvalue weighted by Crippen LogP contribution is -2.30. The van der Waals surface area contributed by atoms with Gasteiger partial charge < -0.3 is 10.4 Å². The Labute approximate surface area is 162 Å². The molecule has 28 heavy (non-hydrogen) atoms. The lowest BCUT2D eigenvalue weighted by molar-refractivity contribution is 0.0928. The van der Waals surface area contributed by atoms with Gasteiger partial charge in [-0.3, -0.25) is 9.78 Å². The zero-order valence-electron chi connectivity index (χ0n) is 15.1. The first-order valence-corrected chi connectivity index (χ1v) is 9.05. The van der Waals surface area contributed by atoms with E-state index in [1.54, 1.807) is 24.5 Å². The van der Waals surface area contributed by atoms with Crippen molar-refractivity contribution in [3.8, 4) is 5.75 Å². The number of carbonyl (C=O) groups is 1. The predicted octanol–water partition coefficient (Wildman–Crippen LogP) is 4.05. The van der Waals surface area contributed by atoms with Crippen molar-refractivity contribution in [1.29, 1.82) is 0 Å². The Hall–Kier alpha value is -3.73. The molecular weight excluding hydrogens is 350 g/mol. The third kappa shape index (κ3) is 3.69. The molecule has 0 fully saturated rings. The van der Waals surface area contributed by atoms with Crippen molar-refractivity contribution in [2.24, 2.45) is 0 Å². The number of carbonyl (C=O) groups excluding carboxylic acids is 1. The average Bonchev–Trinajstić information content (AvgIpc) is 2.75. The largest absolute Gasteiger partial charge is 0.504 e. The molecule has 4 rings (SSSR count). The van der Waals surface area contributed by atoms with E-state index in [4.69, 9.17) is 0 Å². The molecule has 2 heterocycles. The Morgan fingerprint density at radius 1 is 0.929 bits per heavy atom. The summed E-state index contributed by atoms with van der Waals surface area (Å²) in [4.78, 5) is 21.2. The molecule has 2 aromatic heterocycles. The summed E-state index contributed by atoms with van der Waals surface area (Å²) in [6, 6.07) is 23.0. The van der Waals surface area contributed by atoms with Crippen LogP contribution in [0.2, 0.25) is 0 Å². The first-order valence-electron chi connectivity index (χ1n) is 9.05. The first kappa shape index (κ1) is 17.7. The summed E-state index contributed by atoms with van der Waals surface area (Å²) in [5.41, 5.74) is 2.43. The number of nitrogens with zero attached hydrogens (tertiary/aromatic N) is 2. The van der Waals surface area contributed by atoms with Gasteiger partial charge in [-0.2, -0.15) is 0 Å². The zero-order chi connectivity index (χ0) is 19.3. The van der Waals surface area contributed by atoms with Crippen molar-refractivity contribution in [2.75, 3.05) is 0 Å². The molecule has 0 saturated carbocycles. The molecule has 0 aliphatic carbocycles. The van der Waals surface area contributed by atoms with Crippen molar-refractivity contribution >= 4 is 16.8 Å². The maximum atomic E-state index is 12.9. The van der Waals surface area contributed by atoms with Gasteiger partial charge in [-0.25, -0.2) is 4.98 Å². The summed E-state index contributed by atoms with van der Waals surface area (Å²) < 4.78 is 0. The summed E-state index contributed by atoms with van der Waals surface area (Å²) >= 11 is 0. The number of hydrogen-bond acceptors (Lipinski definition) is 4. The summed E-state index contributed by atoms with van der Waals surface area (Å²) in [5.74, 6) is -0.642. The Kier molecular flexibility index (Phi) is 4.97. The van der Waals surface area contributed by atoms with Crippen LogP contribution < -0.4 is 5.32 Å². The third-order valence-corrected chi connectivity index (χ3v) is 4.63. The van der Waals surface area contributed by atoms with Crippen LogP contribution in [0.1, 0.15) is 27.7 Å². The van der Waals surface area contributed by atoms with E-state index >= 15 is 0 Å². The van der Waals surface area contributed by atoms with Crippen LogP contribution in [0.4, 0.5) is 0 Å². The van der Waals surface area contributed by atoms with Crippen molar-refractivity contribution in [3.63, 3.8) is 0 Å². The molecule has 1 amide bonds. The number of benzene rings is 2. The minimum Gasteiger partial charge on any atom is -0.504 e. The fourth-order valence-corrected chi connectivity index (χ4v) is 3.21. The molecule has 5 nitrogen and oxygen atoms in total. The Morgan fingerprint density at radius 3 is 2.39 bits per heavy atom. The van der Waals surface area contributed by atoms with E-state index in [2.05, 4.69) is 15.3 Å². The van der Waals surface area contributed by atoms with Crippen molar-refractivity contribution < 1.29 is 9.90 Å². The van der Waals surface area contributed by atoms with Gasteiger partial charge in [0.05, 0.1) is 6.04 Å². The highest BCUT2D eigenvalue weighted by molar-refractivity contribution is 6.00. The van der Waals surface area contributed by atoms with Gasteiger partial charge in [0.1, 0.15) is 5.52 Å². The molecule has 0 bridgehead atoms. The third-order valence-electron chi connectivity index (χ3n) is 4.63. The summed E-state index contributed by atoms with van der Waals surface area (Å²) in [6.07, 6.45) is 3.75. The molecule has 5 heteroatoms. The van der Waals surface area contributed by atoms with Gasteiger partial charge in [-0.15, -0.1) is 0 Å². The molecule has 4 aromatic rings. The van der Waals surface area contributed by atoms with Crippen molar-refractivity contribution in [1.82, 2.24) is 15.3 Å². The quantitative estimate of drug-likeness (QED) is 0.556. The SMILES string of the molecule is O=C(NC(Cc1ccccc1)c1ccccc1)c1ncc2cccnc2c1O. The zero-order valence-corrected chi connectivity index (χ0v) is 15.1. The van der Waals surface area contributed by atoms with Crippen molar-refractivity contribution in [3.05, 3.63) is 102 Å². The average molecular weight is 369 g/mol. The Bertz CT molecular complexity index is 1100. The van der Waals surface area contributed by atoms with Crippen LogP contribution in [-0.4, -0.2) is 21.0 Å². The van der Waals surface area contributed by atoms with Gasteiger partial charge in [0, 0.05) is 17.8 Å². The Morgan fingerprint density at radius 2 is 1.64 bits per heavy atom. The van der Waals surface area contributed by atoms with Gasteiger partial charge in [-0.05, 0) is 29.7 Å². The number of aromatic hydroxyl groups is 1. The number of rotatable bonds is 5. The molecule has 138 valence electrons. The van der Waals surface area contributed by atoms with Crippen LogP contribution in [-0.2, 0) is 6.42 Å². The second-order valence-corrected chi connectivity index (χ2v) is 6.52. The van der Waals surface area contributed by atoms with Gasteiger partial charge in [0.25, 0.3) is 5.91 Å². The molecule has 0 aliphatic heterocycles. The highest BCUT2D eigenvalue weighted by Crippen LogP contribution is 2.26. The topological polar surface area (TPSA) is 75.1 Å². The molecule has 0 radical (unpaired) electrons. The highest BCUT2D eigenvalue weighted by atomic mass is 16.3. The van der Waals surface area contributed by atoms with Crippen LogP contribution in [0.25, 0.3) is 10.9 Å². The van der Waals surface area contributed by atoms with Gasteiger partial charge in [0.15, 0.2) is 11.4 Å². The monoisotopic (exact) mass is 369 g/mol. The van der Waals surface area contributed by atoms with E-state index in [-0.39, 0.29) is 17.5 Å². The fourth-order valence-electron chi connectivity index (χ4n) is 3.21. The van der Waals surface area contributed by atoms with E-state index in [1.165, 1.54) is 0 Å². The summed E-state index contributed by atoms with van der Waals surface area (Å²) in [6.45, 7) is 0. The minimum absolute atomic E-state index is 0.0276. The Balaban J connectivity index is 1.65. The lowest BCUT2D eigenvalue weighted by Gasteiger charge is -2.20. The molecule has 0 spiro atoms. The second-order valence-electron chi connectivity index (χ2n) is 6.52. The normalized spacial score (nSPS) is 11.9. The predicted molar refractivity (Wildman–Crippen MR) is 108 cm³/mol. The smallest absolute Gasteiger partial charge is 0.274 e. The second kappa shape index (κ2) is 7.88. The molecule has 0 aliphatic rings. The minimum atomic E-state index is -0.435. The standard InChI is InChI=1S/C23H19N3O2/c27-22-20-18(12-7-13-24-20)15-25-21(22)23(28)26-19(17-10-5-2-6-11-17)14-16-8-3-1-4-9-16/h1-13,15,19,27H,14H2,(H,26,28). The number of aromatic nitrogens is 2. The van der Waals surface area contributed by atoms with E-state index < -0.39 is 5.91 Å². The molecule has 1 unspecified atom stereocenters. The van der Waals surface area contributed by atoms with Crippen molar-refractivity contribution in [2.45, 2.75) is 12.5 Å². The lowest BCUT2D eigenvalue weighted by atomic mass is 9.98. The fraction of sp³-hybridized carbons (Fsp3) is 0.0870. The van der Waals surface area contributed by atoms with E-state index in [9.17, 15) is 9.90 Å². The van der Waals surface area contributed by atoms with Crippen LogP contribution in [0.3, 0.4) is 0 Å². The molecule has 1 atom stereocenters. The van der Waals surface area contributed by atoms with E-state index in [0.29, 0.717) is 17.3 Å². The maximum absolute atomic E-state index is 12.9. The summed E-state index contributed by atoms with van der Waals surface area (Å²) in [5, 5.41) is 14.2. The van der Waals surface area contributed by atoms with E-state index in [0.717, 1.165) is 11.1 Å². The summed E-state index contributed by atoms with van der Waals surface area (Å²) in [7, 11) is 0. The number of fused-ring (bicyclic) bond motifs is 1.